The molecular formula is C10H20O2. The average Bonchev–Trinajstić information content (AvgIpc) is 2.16. The van der Waals surface area contributed by atoms with Crippen LogP contribution in [0.1, 0.15) is 58.3 Å². The molecule has 0 aliphatic carbocycles. The number of unbranched alkanes of at least 4 members (excludes halogenated alkanes) is 6. The zero-order chi connectivity index (χ0) is 9.94. The minimum Gasteiger partial charge on any atom is -0.481 e. The summed E-state index contributed by atoms with van der Waals surface area (Å²) in [5.74, 6) is -0.409. The lowest BCUT2D eigenvalue weighted by atomic mass is 10.1. The van der Waals surface area contributed by atoms with Crippen molar-refractivity contribution in [1.82, 2.24) is 0 Å². The highest BCUT2D eigenvalue weighted by molar-refractivity contribution is 5.66. The highest BCUT2D eigenvalue weighted by atomic mass is 16.4. The van der Waals surface area contributed by atoms with Gasteiger partial charge in [-0.25, -0.2) is 0 Å². The molecule has 2 nitrogen and oxygen atoms in total. The smallest absolute Gasteiger partial charge is 0.303 e. The van der Waals surface area contributed by atoms with Crippen molar-refractivity contribution < 1.29 is 9.90 Å². The first kappa shape index (κ1) is 9.56. The quantitative estimate of drug-likeness (QED) is 0.572. The number of carboxylic acid groups (broad SMARTS) is 1. The Balaban J connectivity index is 2.95. The zero-order valence-corrected chi connectivity index (χ0v) is 7.97. The minimum atomic E-state index is -0.409. The molecule has 0 aromatic rings. The molecule has 0 fully saturated rings. The fourth-order valence-electron chi connectivity index (χ4n) is 1.23. The summed E-state index contributed by atoms with van der Waals surface area (Å²) in [7, 11) is 0. The molecule has 1 N–H and O–H groups in total. The van der Waals surface area contributed by atoms with Crippen molar-refractivity contribution in [1.29, 1.82) is 1.43 Å². The van der Waals surface area contributed by atoms with Crippen molar-refractivity contribution in [3.63, 3.8) is 0 Å². The van der Waals surface area contributed by atoms with Gasteiger partial charge in [0.05, 0.1) is 0 Å². The fraction of sp³-hybridized carbons (Fsp3) is 0.900. The lowest BCUT2D eigenvalue weighted by molar-refractivity contribution is -0.137. The summed E-state index contributed by atoms with van der Waals surface area (Å²) in [6, 6.07) is 0. The van der Waals surface area contributed by atoms with Gasteiger partial charge >= 0.3 is 5.97 Å². The number of carboxylic acids is 1. The molecule has 0 aromatic heterocycles. The highest BCUT2D eigenvalue weighted by Gasteiger charge is 1.95. The van der Waals surface area contributed by atoms with Gasteiger partial charge in [-0.05, 0) is 6.42 Å². The van der Waals surface area contributed by atoms with Gasteiger partial charge in [-0.3, -0.25) is 4.79 Å². The first-order valence-corrected chi connectivity index (χ1v) is 4.97. The van der Waals surface area contributed by atoms with E-state index in [1.54, 1.807) is 0 Å². The molecule has 0 spiro atoms. The molecule has 0 aromatic carbocycles. The van der Waals surface area contributed by atoms with Gasteiger partial charge in [0.15, 0.2) is 0 Å². The Kier molecular flexibility index (Phi) is 6.82. The van der Waals surface area contributed by atoms with Gasteiger partial charge in [0.2, 0.25) is 0 Å². The van der Waals surface area contributed by atoms with Crippen molar-refractivity contribution in [2.45, 2.75) is 58.3 Å². The van der Waals surface area contributed by atoms with E-state index in [9.17, 15) is 4.79 Å². The number of hydrogen-bond acceptors (Lipinski definition) is 2. The van der Waals surface area contributed by atoms with Gasteiger partial charge in [-0.15, -0.1) is 0 Å². The van der Waals surface area contributed by atoms with Crippen LogP contribution in [0.5, 0.6) is 0 Å². The molecule has 0 amide bonds. The molecule has 72 valence electrons. The Morgan fingerprint density at radius 2 is 1.75 bits per heavy atom. The minimum absolute atomic E-state index is 0.400. The Bertz CT molecular complexity index is 126. The Labute approximate surface area is 76.5 Å². The van der Waals surface area contributed by atoms with Crippen molar-refractivity contribution in [3.05, 3.63) is 0 Å². The van der Waals surface area contributed by atoms with Crippen LogP contribution in [0.25, 0.3) is 1.43 Å². The lowest BCUT2D eigenvalue weighted by Crippen LogP contribution is -1.93. The maximum absolute atomic E-state index is 10.5. The topological polar surface area (TPSA) is 37.3 Å². The molecule has 0 saturated carbocycles. The predicted octanol–water partition coefficient (Wildman–Crippen LogP) is 3.21. The largest absolute Gasteiger partial charge is 0.481 e. The van der Waals surface area contributed by atoms with E-state index in [4.69, 9.17) is 1.43 Å². The van der Waals surface area contributed by atoms with Crippen LogP contribution in [0.2, 0.25) is 0 Å². The molecule has 0 heterocycles. The van der Waals surface area contributed by atoms with E-state index in [1.807, 2.05) is 0 Å². The number of hydrogen-bond donors (Lipinski definition) is 1. The Morgan fingerprint density at radius 3 is 2.33 bits per heavy atom. The molecule has 0 saturated heterocycles. The second kappa shape index (κ2) is 8.57. The summed E-state index contributed by atoms with van der Waals surface area (Å²) in [5.41, 5.74) is 0. The van der Waals surface area contributed by atoms with Gasteiger partial charge in [0.1, 0.15) is 0 Å². The van der Waals surface area contributed by atoms with Crippen molar-refractivity contribution >= 4 is 5.97 Å². The summed E-state index contributed by atoms with van der Waals surface area (Å²) in [5, 5.41) is 3.81. The van der Waals surface area contributed by atoms with Crippen molar-refractivity contribution in [2.75, 3.05) is 0 Å². The van der Waals surface area contributed by atoms with Crippen LogP contribution in [0.4, 0.5) is 0 Å². The van der Waals surface area contributed by atoms with E-state index >= 15 is 0 Å². The summed E-state index contributed by atoms with van der Waals surface area (Å²) in [6.07, 6.45) is 8.70. The van der Waals surface area contributed by atoms with Crippen molar-refractivity contribution in [2.24, 2.45) is 0 Å². The van der Waals surface area contributed by atoms with Crippen LogP contribution in [0, 0.1) is 0 Å². The summed E-state index contributed by atoms with van der Waals surface area (Å²) < 4.78 is 6.33. The molecule has 0 atom stereocenters. The normalized spacial score (nSPS) is 10.9. The van der Waals surface area contributed by atoms with Gasteiger partial charge in [-0.2, -0.15) is 0 Å². The van der Waals surface area contributed by atoms with E-state index in [1.165, 1.54) is 32.1 Å². The molecule has 0 rings (SSSR count). The van der Waals surface area contributed by atoms with E-state index in [2.05, 4.69) is 12.0 Å². The molecule has 0 unspecified atom stereocenters. The number of aliphatic carboxylic acids is 1. The van der Waals surface area contributed by atoms with Gasteiger partial charge in [0, 0.05) is 6.42 Å². The van der Waals surface area contributed by atoms with Crippen LogP contribution in [0.3, 0.4) is 0 Å². The third kappa shape index (κ3) is 9.47. The lowest BCUT2D eigenvalue weighted by Gasteiger charge is -1.98. The number of carbonyl (C=O) groups is 1. The van der Waals surface area contributed by atoms with Crippen LogP contribution in [0.15, 0.2) is 0 Å². The number of rotatable bonds is 8. The predicted molar refractivity (Wildman–Crippen MR) is 50.2 cm³/mol. The first-order valence-electron chi connectivity index (χ1n) is 5.38. The van der Waals surface area contributed by atoms with Gasteiger partial charge in [0.25, 0.3) is 1.43 Å². The summed E-state index contributed by atoms with van der Waals surface area (Å²) >= 11 is 0. The summed E-state index contributed by atoms with van der Waals surface area (Å²) in [6.45, 7) is 2.20. The monoisotopic (exact) mass is 173 g/mol. The second-order valence-electron chi connectivity index (χ2n) is 3.24. The van der Waals surface area contributed by atoms with E-state index < -0.39 is 5.97 Å². The van der Waals surface area contributed by atoms with Crippen LogP contribution in [-0.4, -0.2) is 11.1 Å². The van der Waals surface area contributed by atoms with Crippen LogP contribution >= 0.6 is 0 Å². The molecular weight excluding hydrogens is 152 g/mol. The summed E-state index contributed by atoms with van der Waals surface area (Å²) in [4.78, 5) is 10.5. The second-order valence-corrected chi connectivity index (χ2v) is 3.24. The maximum atomic E-state index is 10.5. The van der Waals surface area contributed by atoms with E-state index in [-0.39, 0.29) is 0 Å². The Hall–Kier alpha value is -0.530. The van der Waals surface area contributed by atoms with Crippen LogP contribution in [-0.2, 0) is 4.79 Å². The van der Waals surface area contributed by atoms with Crippen LogP contribution < -0.4 is 0 Å². The average molecular weight is 173 g/mol. The first-order chi connectivity index (χ1) is 6.31. The maximum Gasteiger partial charge on any atom is 0.303 e. The molecule has 12 heavy (non-hydrogen) atoms. The van der Waals surface area contributed by atoms with E-state index in [0.717, 1.165) is 12.8 Å². The molecule has 0 radical (unpaired) electrons. The standard InChI is InChI=1S/C10H20O2/c1-2-3-4-5-6-7-8-9-10(11)12/h2-9H2,1H3,(H,11,12)/i/hD. The van der Waals surface area contributed by atoms with Gasteiger partial charge in [-0.1, -0.05) is 45.4 Å². The molecule has 0 aliphatic rings. The van der Waals surface area contributed by atoms with Crippen molar-refractivity contribution in [3.8, 4) is 0 Å². The van der Waals surface area contributed by atoms with E-state index in [0.29, 0.717) is 6.42 Å². The fourth-order valence-corrected chi connectivity index (χ4v) is 1.23. The molecule has 2 heteroatoms. The Morgan fingerprint density at radius 1 is 1.17 bits per heavy atom. The zero-order valence-electron chi connectivity index (χ0n) is 8.97. The van der Waals surface area contributed by atoms with Gasteiger partial charge < -0.3 is 5.11 Å². The third-order valence-corrected chi connectivity index (χ3v) is 1.98. The molecule has 0 bridgehead atoms. The third-order valence-electron chi connectivity index (χ3n) is 1.98. The molecule has 0 aliphatic heterocycles. The highest BCUT2D eigenvalue weighted by Crippen LogP contribution is 2.07. The SMILES string of the molecule is [2H]OC(=O)CCCCCCCCC.